The van der Waals surface area contributed by atoms with Crippen molar-refractivity contribution in [3.05, 3.63) is 22.9 Å². The Kier molecular flexibility index (Phi) is 3.18. The monoisotopic (exact) mass is 361 g/mol. The van der Waals surface area contributed by atoms with Gasteiger partial charge in [-0.15, -0.1) is 0 Å². The molecule has 4 rings (SSSR count). The van der Waals surface area contributed by atoms with Gasteiger partial charge < -0.3 is 10.2 Å². The van der Waals surface area contributed by atoms with E-state index in [4.69, 9.17) is 0 Å². The van der Waals surface area contributed by atoms with Crippen LogP contribution in [0.4, 0.5) is 16.4 Å². The summed E-state index contributed by atoms with van der Waals surface area (Å²) in [6.07, 6.45) is 5.81. The van der Waals surface area contributed by atoms with Crippen molar-refractivity contribution in [3.63, 3.8) is 0 Å². The number of pyridine rings is 2. The summed E-state index contributed by atoms with van der Waals surface area (Å²) in [5.74, 6) is 1.49. The van der Waals surface area contributed by atoms with Crippen molar-refractivity contribution in [1.82, 2.24) is 14.9 Å². The highest BCUT2D eigenvalue weighted by Gasteiger charge is 2.39. The van der Waals surface area contributed by atoms with Crippen molar-refractivity contribution in [3.8, 4) is 0 Å². The number of halogens is 1. The first-order valence-corrected chi connectivity index (χ1v) is 8.18. The summed E-state index contributed by atoms with van der Waals surface area (Å²) in [6, 6.07) is 2.48. The number of aromatic nitrogens is 2. The molecule has 1 aliphatic heterocycles. The number of hydrogen-bond donors (Lipinski definition) is 1. The van der Waals surface area contributed by atoms with Crippen LogP contribution in [-0.4, -0.2) is 47.1 Å². The molecule has 0 spiro atoms. The van der Waals surface area contributed by atoms with Crippen molar-refractivity contribution in [2.24, 2.45) is 0 Å². The van der Waals surface area contributed by atoms with E-state index in [-0.39, 0.29) is 6.03 Å². The first kappa shape index (κ1) is 13.8. The van der Waals surface area contributed by atoms with Crippen LogP contribution in [0.1, 0.15) is 12.8 Å². The van der Waals surface area contributed by atoms with Crippen LogP contribution in [0.2, 0.25) is 0 Å². The Hall–Kier alpha value is -1.89. The number of nitrogens with zero attached hydrogens (tertiary/aromatic N) is 4. The number of carbonyl (C=O) groups excluding carboxylic acids is 1. The third kappa shape index (κ3) is 2.11. The number of nitrogens with one attached hydrogen (secondary N) is 1. The first-order chi connectivity index (χ1) is 10.7. The molecule has 0 bridgehead atoms. The van der Waals surface area contributed by atoms with E-state index in [1.165, 1.54) is 0 Å². The summed E-state index contributed by atoms with van der Waals surface area (Å²) in [4.78, 5) is 25.0. The molecule has 22 heavy (non-hydrogen) atoms. The second-order valence-electron chi connectivity index (χ2n) is 5.65. The van der Waals surface area contributed by atoms with Gasteiger partial charge in [0.15, 0.2) is 0 Å². The van der Waals surface area contributed by atoms with Gasteiger partial charge in [0.25, 0.3) is 0 Å². The Balaban J connectivity index is 1.74. The summed E-state index contributed by atoms with van der Waals surface area (Å²) >= 11 is 3.53. The molecule has 0 aromatic carbocycles. The number of anilines is 2. The number of fused-ring (bicyclic) bond motifs is 1. The fourth-order valence-corrected chi connectivity index (χ4v) is 3.36. The molecule has 0 unspecified atom stereocenters. The van der Waals surface area contributed by atoms with Crippen LogP contribution in [0.15, 0.2) is 22.9 Å². The van der Waals surface area contributed by atoms with Crippen LogP contribution >= 0.6 is 15.9 Å². The van der Waals surface area contributed by atoms with Gasteiger partial charge in [0.2, 0.25) is 0 Å². The molecule has 1 N–H and O–H groups in total. The molecule has 114 valence electrons. The minimum absolute atomic E-state index is 0.0772. The molecule has 0 atom stereocenters. The summed E-state index contributed by atoms with van der Waals surface area (Å²) in [5.41, 5.74) is 0. The van der Waals surface area contributed by atoms with Gasteiger partial charge in [-0.2, -0.15) is 0 Å². The normalized spacial score (nSPS) is 18.4. The first-order valence-electron chi connectivity index (χ1n) is 7.39. The third-order valence-corrected chi connectivity index (χ3v) is 4.88. The molecule has 7 heteroatoms. The predicted octanol–water partition coefficient (Wildman–Crippen LogP) is 2.84. The van der Waals surface area contributed by atoms with Crippen LogP contribution < -0.4 is 10.2 Å². The van der Waals surface area contributed by atoms with Crippen molar-refractivity contribution >= 4 is 44.4 Å². The molecule has 1 aliphatic carbocycles. The van der Waals surface area contributed by atoms with E-state index in [0.29, 0.717) is 18.4 Å². The van der Waals surface area contributed by atoms with E-state index in [1.807, 2.05) is 18.0 Å². The van der Waals surface area contributed by atoms with Crippen molar-refractivity contribution in [2.75, 3.05) is 30.4 Å². The molecule has 2 aromatic rings. The average Bonchev–Trinajstić information content (AvgIpc) is 3.30. The Bertz CT molecular complexity index is 761. The minimum atomic E-state index is 0.0772. The molecule has 2 aliphatic rings. The zero-order valence-corrected chi connectivity index (χ0v) is 13.8. The van der Waals surface area contributed by atoms with Crippen LogP contribution in [0, 0.1) is 0 Å². The Morgan fingerprint density at radius 3 is 2.77 bits per heavy atom. The molecule has 0 radical (unpaired) electrons. The molecular formula is C15H16BrN5O. The highest BCUT2D eigenvalue weighted by molar-refractivity contribution is 9.10. The van der Waals surface area contributed by atoms with Crippen molar-refractivity contribution in [2.45, 2.75) is 18.9 Å². The van der Waals surface area contributed by atoms with Crippen LogP contribution in [-0.2, 0) is 0 Å². The van der Waals surface area contributed by atoms with Gasteiger partial charge >= 0.3 is 6.03 Å². The lowest BCUT2D eigenvalue weighted by Crippen LogP contribution is -2.33. The molecule has 6 nitrogen and oxygen atoms in total. The van der Waals surface area contributed by atoms with Gasteiger partial charge in [-0.1, -0.05) is 0 Å². The Morgan fingerprint density at radius 1 is 1.23 bits per heavy atom. The van der Waals surface area contributed by atoms with Crippen molar-refractivity contribution < 1.29 is 4.79 Å². The van der Waals surface area contributed by atoms with Crippen LogP contribution in [0.5, 0.6) is 0 Å². The van der Waals surface area contributed by atoms with Gasteiger partial charge in [-0.25, -0.2) is 14.8 Å². The number of carbonyl (C=O) groups is 1. The Morgan fingerprint density at radius 2 is 2.05 bits per heavy atom. The maximum atomic E-state index is 12.5. The third-order valence-electron chi connectivity index (χ3n) is 4.25. The maximum absolute atomic E-state index is 12.5. The maximum Gasteiger partial charge on any atom is 0.326 e. The van der Waals surface area contributed by atoms with E-state index in [1.54, 1.807) is 17.3 Å². The fourth-order valence-electron chi connectivity index (χ4n) is 2.93. The van der Waals surface area contributed by atoms with Crippen molar-refractivity contribution in [1.29, 1.82) is 0 Å². The van der Waals surface area contributed by atoms with E-state index >= 15 is 0 Å². The second-order valence-corrected chi connectivity index (χ2v) is 6.51. The van der Waals surface area contributed by atoms with Gasteiger partial charge in [0, 0.05) is 53.8 Å². The summed E-state index contributed by atoms with van der Waals surface area (Å²) in [6.45, 7) is 1.50. The van der Waals surface area contributed by atoms with Gasteiger partial charge in [0.05, 0.1) is 0 Å². The van der Waals surface area contributed by atoms with Gasteiger partial charge in [-0.3, -0.25) is 4.90 Å². The van der Waals surface area contributed by atoms with Gasteiger partial charge in [-0.05, 0) is 34.8 Å². The zero-order valence-electron chi connectivity index (χ0n) is 12.2. The van der Waals surface area contributed by atoms with E-state index < -0.39 is 0 Å². The SMILES string of the molecule is CNc1ncc(Br)c2cc(N3CCN(C4CC4)C3=O)ncc12. The van der Waals surface area contributed by atoms with Crippen LogP contribution in [0.25, 0.3) is 10.8 Å². The molecule has 2 amide bonds. The number of hydrogen-bond acceptors (Lipinski definition) is 4. The average molecular weight is 362 g/mol. The summed E-state index contributed by atoms with van der Waals surface area (Å²) < 4.78 is 0.899. The lowest BCUT2D eigenvalue weighted by Gasteiger charge is -2.18. The standard InChI is InChI=1S/C15H16BrN5O/c1-17-14-11-7-18-13(6-10(11)12(16)8-19-14)21-5-4-20(15(21)22)9-2-3-9/h6-9H,2-5H2,1H3,(H,17,19). The Labute approximate surface area is 136 Å². The fraction of sp³-hybridized carbons (Fsp3) is 0.400. The predicted molar refractivity (Wildman–Crippen MR) is 89.3 cm³/mol. The van der Waals surface area contributed by atoms with E-state index in [9.17, 15) is 4.79 Å². The largest absolute Gasteiger partial charge is 0.373 e. The topological polar surface area (TPSA) is 61.4 Å². The molecular weight excluding hydrogens is 346 g/mol. The molecule has 1 saturated heterocycles. The molecule has 2 fully saturated rings. The number of rotatable bonds is 3. The zero-order chi connectivity index (χ0) is 15.3. The summed E-state index contributed by atoms with van der Waals surface area (Å²) in [7, 11) is 1.83. The van der Waals surface area contributed by atoms with E-state index in [0.717, 1.165) is 40.4 Å². The minimum Gasteiger partial charge on any atom is -0.373 e. The van der Waals surface area contributed by atoms with E-state index in [2.05, 4.69) is 31.2 Å². The molecule has 2 aromatic heterocycles. The molecule has 1 saturated carbocycles. The molecule has 3 heterocycles. The summed E-state index contributed by atoms with van der Waals surface area (Å²) in [5, 5.41) is 5.00. The number of amides is 2. The van der Waals surface area contributed by atoms with Gasteiger partial charge in [0.1, 0.15) is 11.6 Å². The highest BCUT2D eigenvalue weighted by atomic mass is 79.9. The lowest BCUT2D eigenvalue weighted by molar-refractivity contribution is 0.218. The smallest absolute Gasteiger partial charge is 0.326 e. The quantitative estimate of drug-likeness (QED) is 0.912. The van der Waals surface area contributed by atoms with Crippen LogP contribution in [0.3, 0.4) is 0 Å². The number of urea groups is 1. The highest BCUT2D eigenvalue weighted by Crippen LogP contribution is 2.34. The lowest BCUT2D eigenvalue weighted by atomic mass is 10.2. The second kappa shape index (κ2) is 5.08.